The molecule has 34 heavy (non-hydrogen) atoms. The molecule has 0 bridgehead atoms. The molecule has 0 aliphatic heterocycles. The summed E-state index contributed by atoms with van der Waals surface area (Å²) in [6, 6.07) is 27.0. The fraction of sp³-hybridized carbons (Fsp3) is 0.273. The van der Waals surface area contributed by atoms with E-state index in [1.807, 2.05) is 30.3 Å². The van der Waals surface area contributed by atoms with Crippen LogP contribution in [-0.2, 0) is 12.8 Å². The van der Waals surface area contributed by atoms with Crippen molar-refractivity contribution in [1.82, 2.24) is 0 Å². The molecule has 4 aromatic carbocycles. The van der Waals surface area contributed by atoms with Crippen LogP contribution in [0.4, 0.5) is 4.39 Å². The van der Waals surface area contributed by atoms with Crippen molar-refractivity contribution in [3.63, 3.8) is 0 Å². The SMILES string of the molecule is CCCCCc1ccc2cc(C#Cc3ccc(-c4ccc(CCCC)cc4)cc3)ccc2c1F. The van der Waals surface area contributed by atoms with Crippen LogP contribution in [0.1, 0.15) is 68.2 Å². The second-order valence-electron chi connectivity index (χ2n) is 9.06. The third-order valence-corrected chi connectivity index (χ3v) is 6.43. The highest BCUT2D eigenvalue weighted by Gasteiger charge is 2.07. The Morgan fingerprint density at radius 2 is 1.26 bits per heavy atom. The van der Waals surface area contributed by atoms with E-state index < -0.39 is 0 Å². The van der Waals surface area contributed by atoms with Gasteiger partial charge < -0.3 is 0 Å². The maximum absolute atomic E-state index is 14.9. The normalized spacial score (nSPS) is 10.8. The Morgan fingerprint density at radius 1 is 0.618 bits per heavy atom. The molecule has 0 heterocycles. The summed E-state index contributed by atoms with van der Waals surface area (Å²) in [5, 5.41) is 1.59. The minimum Gasteiger partial charge on any atom is -0.206 e. The summed E-state index contributed by atoms with van der Waals surface area (Å²) in [5.74, 6) is 6.41. The second-order valence-corrected chi connectivity index (χ2v) is 9.06. The van der Waals surface area contributed by atoms with Crippen LogP contribution in [0, 0.1) is 17.7 Å². The quantitative estimate of drug-likeness (QED) is 0.186. The number of benzene rings is 4. The molecule has 0 atom stereocenters. The first-order chi connectivity index (χ1) is 16.7. The van der Waals surface area contributed by atoms with Crippen LogP contribution >= 0.6 is 0 Å². The van der Waals surface area contributed by atoms with Crippen LogP contribution in [0.3, 0.4) is 0 Å². The number of hydrogen-bond acceptors (Lipinski definition) is 0. The Labute approximate surface area is 203 Å². The van der Waals surface area contributed by atoms with E-state index in [1.54, 1.807) is 0 Å². The van der Waals surface area contributed by atoms with Crippen molar-refractivity contribution in [2.75, 3.05) is 0 Å². The van der Waals surface area contributed by atoms with Gasteiger partial charge in [-0.3, -0.25) is 0 Å². The molecule has 0 fully saturated rings. The standard InChI is InChI=1S/C33H33F/c1-3-5-7-9-30-21-22-31-24-27(16-23-32(31)33(30)34)11-10-26-14-19-29(20-15-26)28-17-12-25(13-18-28)8-6-4-2/h12-24H,3-9H2,1-2H3. The van der Waals surface area contributed by atoms with Gasteiger partial charge in [-0.25, -0.2) is 4.39 Å². The van der Waals surface area contributed by atoms with E-state index in [0.29, 0.717) is 5.39 Å². The number of halogens is 1. The van der Waals surface area contributed by atoms with Gasteiger partial charge in [0.2, 0.25) is 0 Å². The topological polar surface area (TPSA) is 0 Å². The molecular weight excluding hydrogens is 415 g/mol. The molecule has 0 aliphatic rings. The van der Waals surface area contributed by atoms with E-state index in [2.05, 4.69) is 74.2 Å². The zero-order chi connectivity index (χ0) is 23.8. The number of fused-ring (bicyclic) bond motifs is 1. The molecule has 172 valence electrons. The van der Waals surface area contributed by atoms with Crippen LogP contribution in [0.25, 0.3) is 21.9 Å². The predicted octanol–water partition coefficient (Wildman–Crippen LogP) is 9.12. The van der Waals surface area contributed by atoms with E-state index in [9.17, 15) is 4.39 Å². The highest BCUT2D eigenvalue weighted by atomic mass is 19.1. The van der Waals surface area contributed by atoms with Gasteiger partial charge in [0, 0.05) is 16.5 Å². The van der Waals surface area contributed by atoms with Gasteiger partial charge in [-0.05, 0) is 77.6 Å². The van der Waals surface area contributed by atoms with Gasteiger partial charge in [-0.2, -0.15) is 0 Å². The molecule has 0 N–H and O–H groups in total. The Balaban J connectivity index is 1.46. The average molecular weight is 449 g/mol. The molecule has 0 unspecified atom stereocenters. The van der Waals surface area contributed by atoms with Gasteiger partial charge in [0.05, 0.1) is 0 Å². The van der Waals surface area contributed by atoms with Crippen LogP contribution < -0.4 is 0 Å². The molecule has 4 rings (SSSR count). The van der Waals surface area contributed by atoms with Crippen LogP contribution in [0.5, 0.6) is 0 Å². The lowest BCUT2D eigenvalue weighted by Gasteiger charge is -2.07. The van der Waals surface area contributed by atoms with E-state index in [4.69, 9.17) is 0 Å². The highest BCUT2D eigenvalue weighted by molar-refractivity contribution is 5.85. The van der Waals surface area contributed by atoms with Gasteiger partial charge in [0.25, 0.3) is 0 Å². The van der Waals surface area contributed by atoms with Crippen molar-refractivity contribution >= 4 is 10.8 Å². The summed E-state index contributed by atoms with van der Waals surface area (Å²) >= 11 is 0. The molecule has 0 radical (unpaired) electrons. The third kappa shape index (κ3) is 5.95. The Kier molecular flexibility index (Phi) is 8.16. The summed E-state index contributed by atoms with van der Waals surface area (Å²) in [4.78, 5) is 0. The first kappa shape index (κ1) is 23.8. The van der Waals surface area contributed by atoms with E-state index in [1.165, 1.54) is 29.5 Å². The summed E-state index contributed by atoms with van der Waals surface area (Å²) < 4.78 is 14.9. The minimum atomic E-state index is -0.0814. The third-order valence-electron chi connectivity index (χ3n) is 6.43. The predicted molar refractivity (Wildman–Crippen MR) is 144 cm³/mol. The van der Waals surface area contributed by atoms with Gasteiger partial charge in [-0.1, -0.05) is 99.5 Å². The lowest BCUT2D eigenvalue weighted by molar-refractivity contribution is 0.609. The summed E-state index contributed by atoms with van der Waals surface area (Å²) in [6.07, 6.45) is 7.72. The van der Waals surface area contributed by atoms with Gasteiger partial charge in [0.15, 0.2) is 0 Å². The van der Waals surface area contributed by atoms with Crippen LogP contribution in [0.15, 0.2) is 78.9 Å². The Morgan fingerprint density at radius 3 is 1.97 bits per heavy atom. The first-order valence-electron chi connectivity index (χ1n) is 12.6. The minimum absolute atomic E-state index is 0.0814. The molecule has 0 amide bonds. The van der Waals surface area contributed by atoms with Crippen molar-refractivity contribution < 1.29 is 4.39 Å². The zero-order valence-corrected chi connectivity index (χ0v) is 20.3. The monoisotopic (exact) mass is 448 g/mol. The van der Waals surface area contributed by atoms with Crippen molar-refractivity contribution in [3.8, 4) is 23.0 Å². The largest absolute Gasteiger partial charge is 0.206 e. The smallest absolute Gasteiger partial charge is 0.134 e. The molecular formula is C33H33F. The lowest BCUT2D eigenvalue weighted by atomic mass is 9.99. The van der Waals surface area contributed by atoms with Crippen molar-refractivity contribution in [2.45, 2.75) is 58.8 Å². The van der Waals surface area contributed by atoms with E-state index in [0.717, 1.165) is 54.2 Å². The first-order valence-corrected chi connectivity index (χ1v) is 12.6. The van der Waals surface area contributed by atoms with E-state index in [-0.39, 0.29) is 5.82 Å². The Bertz CT molecular complexity index is 1280. The van der Waals surface area contributed by atoms with Crippen LogP contribution in [0.2, 0.25) is 0 Å². The molecule has 0 aromatic heterocycles. The highest BCUT2D eigenvalue weighted by Crippen LogP contribution is 2.24. The van der Waals surface area contributed by atoms with Crippen molar-refractivity contribution in [2.24, 2.45) is 0 Å². The molecule has 0 saturated heterocycles. The fourth-order valence-electron chi connectivity index (χ4n) is 4.31. The molecule has 0 spiro atoms. The van der Waals surface area contributed by atoms with Crippen molar-refractivity contribution in [3.05, 3.63) is 107 Å². The summed E-state index contributed by atoms with van der Waals surface area (Å²) in [5.41, 5.74) is 6.51. The van der Waals surface area contributed by atoms with Gasteiger partial charge in [0.1, 0.15) is 5.82 Å². The molecule has 0 aliphatic carbocycles. The fourth-order valence-corrected chi connectivity index (χ4v) is 4.31. The zero-order valence-electron chi connectivity index (χ0n) is 20.3. The second kappa shape index (κ2) is 11.7. The summed E-state index contributed by atoms with van der Waals surface area (Å²) in [6.45, 7) is 4.39. The summed E-state index contributed by atoms with van der Waals surface area (Å²) in [7, 11) is 0. The average Bonchev–Trinajstić information content (AvgIpc) is 2.88. The van der Waals surface area contributed by atoms with E-state index >= 15 is 0 Å². The number of aryl methyl sites for hydroxylation is 2. The molecule has 0 saturated carbocycles. The van der Waals surface area contributed by atoms with Gasteiger partial charge in [-0.15, -0.1) is 0 Å². The Hall–Kier alpha value is -3.37. The molecule has 0 nitrogen and oxygen atoms in total. The maximum atomic E-state index is 14.9. The number of unbranched alkanes of at least 4 members (excludes halogenated alkanes) is 3. The molecule has 4 aromatic rings. The maximum Gasteiger partial charge on any atom is 0.134 e. The molecule has 1 heteroatoms. The van der Waals surface area contributed by atoms with Gasteiger partial charge >= 0.3 is 0 Å². The van der Waals surface area contributed by atoms with Crippen molar-refractivity contribution in [1.29, 1.82) is 0 Å². The lowest BCUT2D eigenvalue weighted by Crippen LogP contribution is -1.93. The number of rotatable bonds is 8. The van der Waals surface area contributed by atoms with Crippen LogP contribution in [-0.4, -0.2) is 0 Å². The number of hydrogen-bond donors (Lipinski definition) is 0.